The second kappa shape index (κ2) is 9.26. The Hall–Kier alpha value is -2.97. The van der Waals surface area contributed by atoms with Crippen molar-refractivity contribution >= 4 is 5.91 Å². The van der Waals surface area contributed by atoms with Crippen LogP contribution in [0.2, 0.25) is 0 Å². The van der Waals surface area contributed by atoms with Crippen molar-refractivity contribution in [2.75, 3.05) is 39.4 Å². The highest BCUT2D eigenvalue weighted by Gasteiger charge is 2.30. The maximum absolute atomic E-state index is 13.3. The topological polar surface area (TPSA) is 87.5 Å². The minimum absolute atomic E-state index is 0.0315. The van der Waals surface area contributed by atoms with Crippen LogP contribution in [0, 0.1) is 6.92 Å². The van der Waals surface area contributed by atoms with Crippen molar-refractivity contribution in [3.63, 3.8) is 0 Å². The van der Waals surface area contributed by atoms with Crippen LogP contribution in [0.15, 0.2) is 41.2 Å². The van der Waals surface area contributed by atoms with Crippen molar-refractivity contribution in [3.8, 4) is 11.1 Å². The van der Waals surface area contributed by atoms with E-state index in [4.69, 9.17) is 9.15 Å². The highest BCUT2D eigenvalue weighted by atomic mass is 16.5. The number of carbonyl (C=O) groups excluding carboxylic acids is 1. The van der Waals surface area contributed by atoms with E-state index in [9.17, 15) is 4.79 Å². The van der Waals surface area contributed by atoms with Crippen molar-refractivity contribution in [2.24, 2.45) is 0 Å². The first-order valence-corrected chi connectivity index (χ1v) is 11.3. The number of morpholine rings is 1. The van der Waals surface area contributed by atoms with Crippen molar-refractivity contribution in [3.05, 3.63) is 59.6 Å². The van der Waals surface area contributed by atoms with Crippen LogP contribution in [0.5, 0.6) is 0 Å². The van der Waals surface area contributed by atoms with E-state index < -0.39 is 0 Å². The smallest absolute Gasteiger partial charge is 0.289 e. The standard InChI is InChI=1S/C24H29N5O3/c1-17-20(15-28-9-11-31-12-10-28)13-22(32-17)24(30)29-8-2-3-19(16-29)23-21(14-26-27-23)18-4-6-25-7-5-18/h4-7,13-14,19H,2-3,8-12,15-16H2,1H3,(H,26,27). The maximum atomic E-state index is 13.3. The van der Waals surface area contributed by atoms with Crippen LogP contribution in [-0.2, 0) is 11.3 Å². The van der Waals surface area contributed by atoms with E-state index in [-0.39, 0.29) is 11.8 Å². The summed E-state index contributed by atoms with van der Waals surface area (Å²) in [6.07, 6.45) is 7.40. The molecule has 5 rings (SSSR count). The monoisotopic (exact) mass is 435 g/mol. The number of aromatic amines is 1. The molecule has 1 unspecified atom stereocenters. The lowest BCUT2D eigenvalue weighted by atomic mass is 9.90. The van der Waals surface area contributed by atoms with Crippen LogP contribution in [0.25, 0.3) is 11.1 Å². The van der Waals surface area contributed by atoms with Crippen LogP contribution in [0.3, 0.4) is 0 Å². The molecule has 32 heavy (non-hydrogen) atoms. The predicted octanol–water partition coefficient (Wildman–Crippen LogP) is 3.23. The highest BCUT2D eigenvalue weighted by molar-refractivity contribution is 5.92. The third kappa shape index (κ3) is 4.33. The summed E-state index contributed by atoms with van der Waals surface area (Å²) in [7, 11) is 0. The summed E-state index contributed by atoms with van der Waals surface area (Å²) in [5.74, 6) is 1.44. The second-order valence-electron chi connectivity index (χ2n) is 8.60. The number of carbonyl (C=O) groups is 1. The van der Waals surface area contributed by atoms with Gasteiger partial charge in [0, 0.05) is 67.9 Å². The number of pyridine rings is 1. The SMILES string of the molecule is Cc1oc(C(=O)N2CCCC(c3[nH]ncc3-c3ccncc3)C2)cc1CN1CCOCC1. The average molecular weight is 436 g/mol. The molecule has 0 saturated carbocycles. The first-order chi connectivity index (χ1) is 15.7. The van der Waals surface area contributed by atoms with Crippen LogP contribution in [-0.4, -0.2) is 70.3 Å². The van der Waals surface area contributed by atoms with Gasteiger partial charge in [-0.05, 0) is 43.5 Å². The number of likely N-dealkylation sites (tertiary alicyclic amines) is 1. The molecule has 8 heteroatoms. The molecule has 3 aromatic rings. The van der Waals surface area contributed by atoms with Gasteiger partial charge in [-0.15, -0.1) is 0 Å². The summed E-state index contributed by atoms with van der Waals surface area (Å²) >= 11 is 0. The Morgan fingerprint density at radius 2 is 2.03 bits per heavy atom. The number of amides is 1. The van der Waals surface area contributed by atoms with Gasteiger partial charge in [0.1, 0.15) is 5.76 Å². The zero-order valence-corrected chi connectivity index (χ0v) is 18.4. The Kier molecular flexibility index (Phi) is 6.05. The van der Waals surface area contributed by atoms with Gasteiger partial charge in [-0.1, -0.05) is 0 Å². The van der Waals surface area contributed by atoms with Gasteiger partial charge in [-0.25, -0.2) is 0 Å². The molecule has 2 aliphatic heterocycles. The van der Waals surface area contributed by atoms with Gasteiger partial charge < -0.3 is 14.1 Å². The van der Waals surface area contributed by atoms with Gasteiger partial charge in [-0.3, -0.25) is 19.8 Å². The van der Waals surface area contributed by atoms with Gasteiger partial charge in [-0.2, -0.15) is 5.10 Å². The molecular weight excluding hydrogens is 406 g/mol. The number of nitrogens with zero attached hydrogens (tertiary/aromatic N) is 4. The van der Waals surface area contributed by atoms with E-state index in [0.717, 1.165) is 80.4 Å². The third-order valence-corrected chi connectivity index (χ3v) is 6.51. The predicted molar refractivity (Wildman–Crippen MR) is 119 cm³/mol. The quantitative estimate of drug-likeness (QED) is 0.662. The molecular formula is C24H29N5O3. The lowest BCUT2D eigenvalue weighted by Gasteiger charge is -2.32. The first-order valence-electron chi connectivity index (χ1n) is 11.3. The molecule has 168 valence electrons. The number of piperidine rings is 1. The molecule has 1 amide bonds. The largest absolute Gasteiger partial charge is 0.456 e. The maximum Gasteiger partial charge on any atom is 0.289 e. The van der Waals surface area contributed by atoms with Crippen LogP contribution < -0.4 is 0 Å². The van der Waals surface area contributed by atoms with Crippen molar-refractivity contribution < 1.29 is 13.9 Å². The Balaban J connectivity index is 1.30. The fourth-order valence-corrected chi connectivity index (χ4v) is 4.70. The van der Waals surface area contributed by atoms with E-state index in [1.54, 1.807) is 12.4 Å². The number of aryl methyl sites for hydroxylation is 1. The number of nitrogens with one attached hydrogen (secondary N) is 1. The normalized spacial score (nSPS) is 19.9. The Bertz CT molecular complexity index is 1050. The van der Waals surface area contributed by atoms with Crippen LogP contribution in [0.4, 0.5) is 0 Å². The average Bonchev–Trinajstić information content (AvgIpc) is 3.47. The Morgan fingerprint density at radius 1 is 1.22 bits per heavy atom. The lowest BCUT2D eigenvalue weighted by molar-refractivity contribution is 0.0340. The molecule has 8 nitrogen and oxygen atoms in total. The number of H-pyrrole nitrogens is 1. The molecule has 0 aliphatic carbocycles. The summed E-state index contributed by atoms with van der Waals surface area (Å²) < 4.78 is 11.3. The first kappa shape index (κ1) is 20.9. The minimum atomic E-state index is -0.0315. The number of aromatic nitrogens is 3. The highest BCUT2D eigenvalue weighted by Crippen LogP contribution is 2.33. The Labute approximate surface area is 187 Å². The van der Waals surface area contributed by atoms with Gasteiger partial charge in [0.15, 0.2) is 5.76 Å². The summed E-state index contributed by atoms with van der Waals surface area (Å²) in [6, 6.07) is 5.90. The van der Waals surface area contributed by atoms with E-state index in [1.165, 1.54) is 0 Å². The van der Waals surface area contributed by atoms with Crippen LogP contribution >= 0.6 is 0 Å². The van der Waals surface area contributed by atoms with Crippen molar-refractivity contribution in [1.82, 2.24) is 25.0 Å². The summed E-state index contributed by atoms with van der Waals surface area (Å²) in [4.78, 5) is 21.7. The number of ether oxygens (including phenoxy) is 1. The molecule has 0 bridgehead atoms. The van der Waals surface area contributed by atoms with Gasteiger partial charge in [0.05, 0.1) is 19.4 Å². The lowest BCUT2D eigenvalue weighted by Crippen LogP contribution is -2.39. The van der Waals surface area contributed by atoms with E-state index >= 15 is 0 Å². The fraction of sp³-hybridized carbons (Fsp3) is 0.458. The van der Waals surface area contributed by atoms with E-state index in [2.05, 4.69) is 20.1 Å². The summed E-state index contributed by atoms with van der Waals surface area (Å²) in [5.41, 5.74) is 4.32. The van der Waals surface area contributed by atoms with Gasteiger partial charge in [0.2, 0.25) is 0 Å². The third-order valence-electron chi connectivity index (χ3n) is 6.51. The molecule has 0 aromatic carbocycles. The zero-order valence-electron chi connectivity index (χ0n) is 18.4. The zero-order chi connectivity index (χ0) is 21.9. The van der Waals surface area contributed by atoms with Crippen LogP contribution in [0.1, 0.15) is 46.3 Å². The van der Waals surface area contributed by atoms with Crippen molar-refractivity contribution in [1.29, 1.82) is 0 Å². The molecule has 1 atom stereocenters. The summed E-state index contributed by atoms with van der Waals surface area (Å²) in [6.45, 7) is 7.46. The van der Waals surface area contributed by atoms with E-state index in [0.29, 0.717) is 12.3 Å². The number of furan rings is 1. The number of rotatable bonds is 5. The summed E-state index contributed by atoms with van der Waals surface area (Å²) in [5, 5.41) is 7.48. The fourth-order valence-electron chi connectivity index (χ4n) is 4.70. The van der Waals surface area contributed by atoms with Gasteiger partial charge in [0.25, 0.3) is 5.91 Å². The molecule has 0 spiro atoms. The molecule has 1 N–H and O–H groups in total. The molecule has 3 aromatic heterocycles. The Morgan fingerprint density at radius 3 is 2.84 bits per heavy atom. The molecule has 2 saturated heterocycles. The van der Waals surface area contributed by atoms with Crippen molar-refractivity contribution in [2.45, 2.75) is 32.2 Å². The molecule has 2 aliphatic rings. The number of hydrogen-bond acceptors (Lipinski definition) is 6. The minimum Gasteiger partial charge on any atom is -0.456 e. The molecule has 5 heterocycles. The van der Waals surface area contributed by atoms with E-state index in [1.807, 2.05) is 36.2 Å². The molecule has 2 fully saturated rings. The number of hydrogen-bond donors (Lipinski definition) is 1. The second-order valence-corrected chi connectivity index (χ2v) is 8.60. The van der Waals surface area contributed by atoms with Gasteiger partial charge >= 0.3 is 0 Å². The molecule has 0 radical (unpaired) electrons.